The molecule has 2 aliphatic rings. The van der Waals surface area contributed by atoms with Crippen LogP contribution in [0.1, 0.15) is 35.7 Å². The number of fused-ring (bicyclic) bond motifs is 1. The molecule has 7 nitrogen and oxygen atoms in total. The van der Waals surface area contributed by atoms with Gasteiger partial charge in [-0.15, -0.1) is 0 Å². The summed E-state index contributed by atoms with van der Waals surface area (Å²) in [5, 5.41) is 12.1. The number of benzene rings is 1. The fourth-order valence-corrected chi connectivity index (χ4v) is 3.91. The summed E-state index contributed by atoms with van der Waals surface area (Å²) in [5.74, 6) is -2.17. The zero-order valence-electron chi connectivity index (χ0n) is 14.3. The average Bonchev–Trinajstić information content (AvgIpc) is 3.44. The Bertz CT molecular complexity index is 1030. The first-order valence-electron chi connectivity index (χ1n) is 8.70. The lowest BCUT2D eigenvalue weighted by molar-refractivity contribution is -0.120. The van der Waals surface area contributed by atoms with Crippen molar-refractivity contribution in [1.29, 1.82) is 0 Å². The smallest absolute Gasteiger partial charge is 0.341 e. The van der Waals surface area contributed by atoms with Crippen LogP contribution in [0.25, 0.3) is 10.9 Å². The fourth-order valence-electron chi connectivity index (χ4n) is 3.51. The van der Waals surface area contributed by atoms with E-state index in [1.54, 1.807) is 9.47 Å². The number of carbonyl (C=O) groups excluding carboxylic acids is 1. The minimum absolute atomic E-state index is 0.0365. The highest BCUT2D eigenvalue weighted by Crippen LogP contribution is 2.42. The number of amides is 1. The lowest BCUT2D eigenvalue weighted by Gasteiger charge is -2.25. The van der Waals surface area contributed by atoms with Crippen molar-refractivity contribution in [1.82, 2.24) is 9.88 Å². The van der Waals surface area contributed by atoms with Gasteiger partial charge in [-0.25, -0.2) is 9.18 Å². The second kappa shape index (κ2) is 6.53. The highest BCUT2D eigenvalue weighted by Gasteiger charge is 2.30. The molecule has 2 aromatic rings. The van der Waals surface area contributed by atoms with Gasteiger partial charge in [-0.05, 0) is 18.9 Å². The van der Waals surface area contributed by atoms with E-state index in [1.807, 2.05) is 0 Å². The predicted molar refractivity (Wildman–Crippen MR) is 98.2 cm³/mol. The van der Waals surface area contributed by atoms with Crippen molar-refractivity contribution in [2.45, 2.75) is 25.3 Å². The maximum atomic E-state index is 14.9. The quantitative estimate of drug-likeness (QED) is 0.833. The van der Waals surface area contributed by atoms with E-state index < -0.39 is 22.8 Å². The van der Waals surface area contributed by atoms with E-state index in [9.17, 15) is 23.9 Å². The number of carboxylic acid groups (broad SMARTS) is 1. The van der Waals surface area contributed by atoms with Crippen molar-refractivity contribution < 1.29 is 19.1 Å². The molecule has 9 heteroatoms. The number of rotatable bonds is 3. The van der Waals surface area contributed by atoms with Gasteiger partial charge < -0.3 is 19.9 Å². The minimum atomic E-state index is -1.35. The second-order valence-corrected chi connectivity index (χ2v) is 7.20. The summed E-state index contributed by atoms with van der Waals surface area (Å²) in [6.07, 6.45) is 3.18. The van der Waals surface area contributed by atoms with Gasteiger partial charge in [-0.3, -0.25) is 9.59 Å². The number of carbonyl (C=O) groups is 2. The van der Waals surface area contributed by atoms with Crippen molar-refractivity contribution in [2.75, 3.05) is 24.5 Å². The largest absolute Gasteiger partial charge is 0.477 e. The molecule has 0 spiro atoms. The molecule has 0 atom stereocenters. The molecule has 0 bridgehead atoms. The predicted octanol–water partition coefficient (Wildman–Crippen LogP) is 2.15. The molecule has 1 aliphatic carbocycles. The van der Waals surface area contributed by atoms with Gasteiger partial charge in [0.15, 0.2) is 0 Å². The number of nitrogens with zero attached hydrogens (tertiary/aromatic N) is 2. The van der Waals surface area contributed by atoms with E-state index in [4.69, 9.17) is 11.6 Å². The van der Waals surface area contributed by atoms with Crippen LogP contribution < -0.4 is 15.6 Å². The number of halogens is 2. The molecule has 2 N–H and O–H groups in total. The molecule has 1 amide bonds. The van der Waals surface area contributed by atoms with Gasteiger partial charge in [0.1, 0.15) is 11.4 Å². The van der Waals surface area contributed by atoms with Gasteiger partial charge in [0.05, 0.1) is 21.6 Å². The molecular weight excluding hydrogens is 377 g/mol. The maximum Gasteiger partial charge on any atom is 0.341 e. The van der Waals surface area contributed by atoms with Gasteiger partial charge in [-0.2, -0.15) is 0 Å². The lowest BCUT2D eigenvalue weighted by Crippen LogP contribution is -2.29. The molecule has 0 unspecified atom stereocenters. The number of pyridine rings is 1. The van der Waals surface area contributed by atoms with Crippen molar-refractivity contribution in [2.24, 2.45) is 0 Å². The third-order valence-corrected chi connectivity index (χ3v) is 5.34. The summed E-state index contributed by atoms with van der Waals surface area (Å²) in [6.45, 7) is 1.05. The third-order valence-electron chi connectivity index (χ3n) is 4.98. The normalized spacial score (nSPS) is 17.7. The minimum Gasteiger partial charge on any atom is -0.477 e. The molecule has 1 aromatic heterocycles. The average molecular weight is 394 g/mol. The number of aromatic nitrogens is 1. The van der Waals surface area contributed by atoms with Gasteiger partial charge in [0, 0.05) is 38.3 Å². The molecule has 1 aromatic carbocycles. The number of hydrogen-bond donors (Lipinski definition) is 2. The van der Waals surface area contributed by atoms with Gasteiger partial charge >= 0.3 is 5.97 Å². The number of aromatic carboxylic acids is 1. The zero-order valence-corrected chi connectivity index (χ0v) is 15.1. The first-order chi connectivity index (χ1) is 12.9. The van der Waals surface area contributed by atoms with Crippen LogP contribution in [0.2, 0.25) is 5.02 Å². The van der Waals surface area contributed by atoms with E-state index in [0.29, 0.717) is 25.2 Å². The van der Waals surface area contributed by atoms with Crippen molar-refractivity contribution in [3.8, 4) is 0 Å². The van der Waals surface area contributed by atoms with E-state index in [2.05, 4.69) is 5.32 Å². The van der Waals surface area contributed by atoms with Crippen molar-refractivity contribution >= 4 is 40.1 Å². The Morgan fingerprint density at radius 2 is 2.04 bits per heavy atom. The third kappa shape index (κ3) is 3.03. The summed E-state index contributed by atoms with van der Waals surface area (Å²) in [6, 6.07) is 1.10. The van der Waals surface area contributed by atoms with Crippen LogP contribution in [0, 0.1) is 5.82 Å². The van der Waals surface area contributed by atoms with Crippen LogP contribution >= 0.6 is 11.6 Å². The highest BCUT2D eigenvalue weighted by atomic mass is 35.5. The first kappa shape index (κ1) is 17.8. The number of nitrogens with one attached hydrogen (secondary N) is 1. The Hall–Kier alpha value is -2.61. The Balaban J connectivity index is 1.96. The Kier molecular flexibility index (Phi) is 4.30. The molecule has 1 saturated carbocycles. The summed E-state index contributed by atoms with van der Waals surface area (Å²) in [5.41, 5.74) is -0.678. The fraction of sp³-hybridized carbons (Fsp3) is 0.389. The molecule has 1 saturated heterocycles. The molecule has 1 aliphatic heterocycles. The molecular formula is C18H17ClFN3O4. The molecule has 142 valence electrons. The van der Waals surface area contributed by atoms with Crippen LogP contribution in [-0.4, -0.2) is 41.2 Å². The van der Waals surface area contributed by atoms with Crippen molar-refractivity contribution in [3.05, 3.63) is 38.9 Å². The van der Waals surface area contributed by atoms with Gasteiger partial charge in [0.2, 0.25) is 11.3 Å². The molecule has 2 fully saturated rings. The van der Waals surface area contributed by atoms with Crippen LogP contribution in [0.15, 0.2) is 17.1 Å². The van der Waals surface area contributed by atoms with Gasteiger partial charge in [0.25, 0.3) is 0 Å². The van der Waals surface area contributed by atoms with E-state index in [1.165, 1.54) is 6.20 Å². The number of hydrogen-bond acceptors (Lipinski definition) is 4. The summed E-state index contributed by atoms with van der Waals surface area (Å²) < 4.78 is 16.6. The van der Waals surface area contributed by atoms with Crippen LogP contribution in [0.4, 0.5) is 10.1 Å². The number of carboxylic acids is 1. The second-order valence-electron chi connectivity index (χ2n) is 6.82. The first-order valence-corrected chi connectivity index (χ1v) is 9.08. The van der Waals surface area contributed by atoms with Crippen LogP contribution in [-0.2, 0) is 4.79 Å². The SMILES string of the molecule is O=C1CCN(c2c(F)cc3c(=O)c(C(=O)O)cn(C4CC4)c3c2Cl)CCN1. The van der Waals surface area contributed by atoms with E-state index in [-0.39, 0.29) is 34.5 Å². The van der Waals surface area contributed by atoms with Gasteiger partial charge in [-0.1, -0.05) is 11.6 Å². The number of anilines is 1. The standard InChI is InChI=1S/C18H17ClFN3O4/c19-14-15-10(17(25)11(18(26)27)8-23(15)9-1-2-9)7-12(20)16(14)22-5-3-13(24)21-4-6-22/h7-9H,1-6H2,(H,21,24)(H,26,27). The molecule has 4 rings (SSSR count). The molecule has 27 heavy (non-hydrogen) atoms. The summed E-state index contributed by atoms with van der Waals surface area (Å²) >= 11 is 6.56. The molecule has 2 heterocycles. The van der Waals surface area contributed by atoms with E-state index >= 15 is 0 Å². The Morgan fingerprint density at radius 1 is 1.30 bits per heavy atom. The monoisotopic (exact) mass is 393 g/mol. The lowest BCUT2D eigenvalue weighted by atomic mass is 10.1. The molecule has 0 radical (unpaired) electrons. The Labute approximate surface area is 158 Å². The van der Waals surface area contributed by atoms with Crippen molar-refractivity contribution in [3.63, 3.8) is 0 Å². The van der Waals surface area contributed by atoms with Crippen LogP contribution in [0.3, 0.4) is 0 Å². The zero-order chi connectivity index (χ0) is 19.3. The van der Waals surface area contributed by atoms with E-state index in [0.717, 1.165) is 18.9 Å². The summed E-state index contributed by atoms with van der Waals surface area (Å²) in [7, 11) is 0. The van der Waals surface area contributed by atoms with Crippen LogP contribution in [0.5, 0.6) is 0 Å². The summed E-state index contributed by atoms with van der Waals surface area (Å²) in [4.78, 5) is 37.3. The maximum absolute atomic E-state index is 14.9. The highest BCUT2D eigenvalue weighted by molar-refractivity contribution is 6.38. The topological polar surface area (TPSA) is 91.6 Å². The Morgan fingerprint density at radius 3 is 2.70 bits per heavy atom.